The summed E-state index contributed by atoms with van der Waals surface area (Å²) in [5.41, 5.74) is 2.45. The fourth-order valence-electron chi connectivity index (χ4n) is 4.81. The number of likely N-dealkylation sites (tertiary alicyclic amines) is 1. The number of hydrogen-bond acceptors (Lipinski definition) is 4. The largest absolute Gasteiger partial charge is 0.353 e. The van der Waals surface area contributed by atoms with Gasteiger partial charge in [-0.15, -0.1) is 6.58 Å². The van der Waals surface area contributed by atoms with Gasteiger partial charge in [0.2, 0.25) is 11.8 Å². The molecule has 0 aromatic heterocycles. The Labute approximate surface area is 165 Å². The second-order valence-electron chi connectivity index (χ2n) is 9.01. The summed E-state index contributed by atoms with van der Waals surface area (Å²) >= 11 is 0. The predicted molar refractivity (Wildman–Crippen MR) is 109 cm³/mol. The minimum atomic E-state index is -0.652. The molecule has 0 spiro atoms. The molecule has 4 atom stereocenters. The normalized spacial score (nSPS) is 28.3. The summed E-state index contributed by atoms with van der Waals surface area (Å²) in [6.07, 6.45) is 5.56. The first-order valence-corrected chi connectivity index (χ1v) is 9.74. The Morgan fingerprint density at radius 2 is 1.86 bits per heavy atom. The van der Waals surface area contributed by atoms with Gasteiger partial charge in [0.1, 0.15) is 6.04 Å². The molecule has 0 radical (unpaired) electrons. The summed E-state index contributed by atoms with van der Waals surface area (Å²) in [5, 5.41) is 0. The SMILES string of the molecule is C=CCN1C(=O)[C@@H]2[C@H](C1=O)[C@H]1C=Cc3cc(C)ccc3N1[C@H]2C(=O)C(C)(C)C. The van der Waals surface area contributed by atoms with Gasteiger partial charge in [-0.1, -0.05) is 50.6 Å². The Balaban J connectivity index is 1.88. The van der Waals surface area contributed by atoms with Crippen LogP contribution in [0.15, 0.2) is 36.9 Å². The van der Waals surface area contributed by atoms with Crippen molar-refractivity contribution in [1.29, 1.82) is 0 Å². The Hall–Kier alpha value is -2.69. The Kier molecular flexibility index (Phi) is 4.11. The van der Waals surface area contributed by atoms with E-state index in [0.717, 1.165) is 16.8 Å². The summed E-state index contributed by atoms with van der Waals surface area (Å²) in [6.45, 7) is 11.5. The molecule has 1 aromatic carbocycles. The van der Waals surface area contributed by atoms with Gasteiger partial charge in [0.05, 0.1) is 17.9 Å². The van der Waals surface area contributed by atoms with Gasteiger partial charge in [0, 0.05) is 17.6 Å². The van der Waals surface area contributed by atoms with Gasteiger partial charge in [-0.25, -0.2) is 0 Å². The number of rotatable bonds is 3. The van der Waals surface area contributed by atoms with E-state index in [4.69, 9.17) is 0 Å². The molecule has 3 aliphatic rings. The van der Waals surface area contributed by atoms with E-state index in [1.54, 1.807) is 6.08 Å². The third-order valence-corrected chi connectivity index (χ3v) is 6.07. The Bertz CT molecular complexity index is 924. The minimum absolute atomic E-state index is 0.00609. The van der Waals surface area contributed by atoms with Crippen molar-refractivity contribution >= 4 is 29.4 Å². The van der Waals surface area contributed by atoms with E-state index in [2.05, 4.69) is 12.6 Å². The lowest BCUT2D eigenvalue weighted by atomic mass is 9.79. The Morgan fingerprint density at radius 1 is 1.18 bits per heavy atom. The summed E-state index contributed by atoms with van der Waals surface area (Å²) < 4.78 is 0. The predicted octanol–water partition coefficient (Wildman–Crippen LogP) is 2.98. The first-order valence-electron chi connectivity index (χ1n) is 9.74. The van der Waals surface area contributed by atoms with Gasteiger partial charge in [-0.2, -0.15) is 0 Å². The van der Waals surface area contributed by atoms with Crippen LogP contribution in [0.1, 0.15) is 31.9 Å². The molecule has 0 saturated carbocycles. The topological polar surface area (TPSA) is 57.7 Å². The van der Waals surface area contributed by atoms with Gasteiger partial charge >= 0.3 is 0 Å². The van der Waals surface area contributed by atoms with Crippen LogP contribution in [0.2, 0.25) is 0 Å². The van der Waals surface area contributed by atoms with Crippen LogP contribution in [0.5, 0.6) is 0 Å². The highest BCUT2D eigenvalue weighted by Crippen LogP contribution is 2.49. The second kappa shape index (κ2) is 6.16. The van der Waals surface area contributed by atoms with Gasteiger partial charge < -0.3 is 4.90 Å². The first kappa shape index (κ1) is 18.7. The standard InChI is InChI=1S/C23H26N2O3/c1-6-11-24-21(27)17-16-10-8-14-12-13(2)7-9-15(14)25(16)19(18(17)22(24)28)20(26)23(3,4)5/h6-10,12,16-19H,1,11H2,2-5H3/t16-,17-,18-,19-/m1/s1. The molecule has 146 valence electrons. The minimum Gasteiger partial charge on any atom is -0.353 e. The number of amides is 2. The molecule has 0 N–H and O–H groups in total. The van der Waals surface area contributed by atoms with Crippen LogP contribution in [0.25, 0.3) is 6.08 Å². The molecule has 2 fully saturated rings. The summed E-state index contributed by atoms with van der Waals surface area (Å²) in [6, 6.07) is 5.15. The molecule has 3 aliphatic heterocycles. The van der Waals surface area contributed by atoms with E-state index >= 15 is 0 Å². The number of carbonyl (C=O) groups is 3. The van der Waals surface area contributed by atoms with E-state index in [1.165, 1.54) is 4.90 Å². The summed E-state index contributed by atoms with van der Waals surface area (Å²) in [5.74, 6) is -1.65. The van der Waals surface area contributed by atoms with Gasteiger partial charge in [0.25, 0.3) is 0 Å². The van der Waals surface area contributed by atoms with Crippen molar-refractivity contribution in [3.63, 3.8) is 0 Å². The number of aryl methyl sites for hydroxylation is 1. The van der Waals surface area contributed by atoms with E-state index in [-0.39, 0.29) is 30.2 Å². The third kappa shape index (κ3) is 2.49. The average molecular weight is 378 g/mol. The molecule has 3 heterocycles. The lowest BCUT2D eigenvalue weighted by Gasteiger charge is -2.38. The number of nitrogens with zero attached hydrogens (tertiary/aromatic N) is 2. The maximum absolute atomic E-state index is 13.5. The molecule has 0 bridgehead atoms. The molecule has 0 aliphatic carbocycles. The fourth-order valence-corrected chi connectivity index (χ4v) is 4.81. The zero-order chi connectivity index (χ0) is 20.4. The fraction of sp³-hybridized carbons (Fsp3) is 0.435. The van der Waals surface area contributed by atoms with Crippen molar-refractivity contribution in [2.45, 2.75) is 39.8 Å². The molecular weight excluding hydrogens is 352 g/mol. The number of ketones is 1. The van der Waals surface area contributed by atoms with Crippen LogP contribution in [0.4, 0.5) is 5.69 Å². The van der Waals surface area contributed by atoms with Crippen LogP contribution in [-0.2, 0) is 14.4 Å². The van der Waals surface area contributed by atoms with Crippen molar-refractivity contribution in [3.05, 3.63) is 48.1 Å². The molecule has 5 heteroatoms. The van der Waals surface area contributed by atoms with E-state index in [0.29, 0.717) is 0 Å². The number of imide groups is 1. The highest BCUT2D eigenvalue weighted by molar-refractivity contribution is 6.11. The second-order valence-corrected chi connectivity index (χ2v) is 9.01. The quantitative estimate of drug-likeness (QED) is 0.599. The average Bonchev–Trinajstić information content (AvgIpc) is 3.09. The molecule has 5 nitrogen and oxygen atoms in total. The summed E-state index contributed by atoms with van der Waals surface area (Å²) in [7, 11) is 0. The smallest absolute Gasteiger partial charge is 0.236 e. The van der Waals surface area contributed by atoms with Crippen molar-refractivity contribution < 1.29 is 14.4 Å². The van der Waals surface area contributed by atoms with Crippen LogP contribution in [0.3, 0.4) is 0 Å². The highest BCUT2D eigenvalue weighted by atomic mass is 16.2. The number of anilines is 1. The molecule has 0 unspecified atom stereocenters. The van der Waals surface area contributed by atoms with E-state index in [9.17, 15) is 14.4 Å². The maximum Gasteiger partial charge on any atom is 0.236 e. The van der Waals surface area contributed by atoms with Crippen molar-refractivity contribution in [2.75, 3.05) is 11.4 Å². The monoisotopic (exact) mass is 378 g/mol. The lowest BCUT2D eigenvalue weighted by molar-refractivity contribution is -0.141. The van der Waals surface area contributed by atoms with Gasteiger partial charge in [-0.05, 0) is 24.6 Å². The molecule has 4 rings (SSSR count). The van der Waals surface area contributed by atoms with E-state index in [1.807, 2.05) is 56.9 Å². The number of hydrogen-bond donors (Lipinski definition) is 0. The van der Waals surface area contributed by atoms with Crippen LogP contribution < -0.4 is 4.90 Å². The zero-order valence-electron chi connectivity index (χ0n) is 16.8. The Morgan fingerprint density at radius 3 is 2.50 bits per heavy atom. The van der Waals surface area contributed by atoms with Gasteiger partial charge in [-0.3, -0.25) is 19.3 Å². The first-order chi connectivity index (χ1) is 13.2. The number of Topliss-reactive ketones (excluding diaryl/α,β-unsaturated/α-hetero) is 1. The number of fused-ring (bicyclic) bond motifs is 5. The summed E-state index contributed by atoms with van der Waals surface area (Å²) in [4.78, 5) is 43.1. The van der Waals surface area contributed by atoms with Crippen molar-refractivity contribution in [2.24, 2.45) is 17.3 Å². The van der Waals surface area contributed by atoms with Crippen LogP contribution in [-0.4, -0.2) is 41.1 Å². The van der Waals surface area contributed by atoms with Crippen molar-refractivity contribution in [3.8, 4) is 0 Å². The maximum atomic E-state index is 13.5. The third-order valence-electron chi connectivity index (χ3n) is 6.07. The van der Waals surface area contributed by atoms with Crippen LogP contribution >= 0.6 is 0 Å². The molecule has 1 aromatic rings. The van der Waals surface area contributed by atoms with Crippen molar-refractivity contribution in [1.82, 2.24) is 4.90 Å². The van der Waals surface area contributed by atoms with E-state index < -0.39 is 23.3 Å². The number of benzene rings is 1. The molecule has 2 saturated heterocycles. The molecule has 28 heavy (non-hydrogen) atoms. The zero-order valence-corrected chi connectivity index (χ0v) is 16.8. The van der Waals surface area contributed by atoms with Gasteiger partial charge in [0.15, 0.2) is 5.78 Å². The lowest BCUT2D eigenvalue weighted by Crippen LogP contribution is -2.51. The highest BCUT2D eigenvalue weighted by Gasteiger charge is 2.64. The molecular formula is C23H26N2O3. The van der Waals surface area contributed by atoms with Crippen LogP contribution in [0, 0.1) is 24.2 Å². The number of carbonyl (C=O) groups excluding carboxylic acids is 3. The molecule has 2 amide bonds.